The van der Waals surface area contributed by atoms with Gasteiger partial charge in [-0.05, 0) is 0 Å². The first kappa shape index (κ1) is 10.0. The van der Waals surface area contributed by atoms with Crippen molar-refractivity contribution in [3.05, 3.63) is 0 Å². The van der Waals surface area contributed by atoms with E-state index in [0.29, 0.717) is 0 Å². The molecule has 0 aliphatic heterocycles. The fraction of sp³-hybridized carbons (Fsp3) is 1.00. The van der Waals surface area contributed by atoms with E-state index in [9.17, 15) is 26.3 Å². The van der Waals surface area contributed by atoms with Gasteiger partial charge in [0.2, 0.25) is 0 Å². The largest absolute Gasteiger partial charge is 0.477 e. The van der Waals surface area contributed by atoms with E-state index >= 15 is 0 Å². The van der Waals surface area contributed by atoms with Gasteiger partial charge in [0, 0.05) is 16.1 Å². The first-order valence-electron chi connectivity index (χ1n) is 1.75. The van der Waals surface area contributed by atoms with E-state index in [1.807, 2.05) is 0 Å². The summed E-state index contributed by atoms with van der Waals surface area (Å²) < 4.78 is 64.8. The molecule has 0 aromatic carbocycles. The zero-order valence-corrected chi connectivity index (χ0v) is 5.68. The third-order valence-electron chi connectivity index (χ3n) is 0.445. The topological polar surface area (TPSA) is 3.24 Å². The fourth-order valence-corrected chi connectivity index (χ4v) is 0.144. The maximum absolute atomic E-state index is 11.1. The van der Waals surface area contributed by atoms with Gasteiger partial charge in [0.15, 0.2) is 0 Å². The second-order valence-electron chi connectivity index (χ2n) is 1.22. The van der Waals surface area contributed by atoms with E-state index in [0.717, 1.165) is 0 Å². The van der Waals surface area contributed by atoms with Gasteiger partial charge in [0.1, 0.15) is 0 Å². The maximum atomic E-state index is 11.1. The smallest absolute Gasteiger partial charge is 0.154 e. The SMILES string of the molecule is FC(F)(F)N(Br)C(F)(F)F. The Morgan fingerprint density at radius 1 is 0.800 bits per heavy atom. The van der Waals surface area contributed by atoms with Gasteiger partial charge in [-0.15, -0.1) is 0 Å². The van der Waals surface area contributed by atoms with E-state index in [1.54, 1.807) is 0 Å². The van der Waals surface area contributed by atoms with Gasteiger partial charge in [-0.25, -0.2) is 0 Å². The first-order chi connectivity index (χ1) is 4.15. The van der Waals surface area contributed by atoms with Crippen LogP contribution in [0.1, 0.15) is 0 Å². The molecule has 0 atom stereocenters. The standard InChI is InChI=1S/C2BrF6N/c3-10(1(4,5)6)2(7,8)9. The molecule has 0 fully saturated rings. The molecule has 0 amide bonds. The summed E-state index contributed by atoms with van der Waals surface area (Å²) in [4.78, 5) is 0. The highest BCUT2D eigenvalue weighted by atomic mass is 79.9. The summed E-state index contributed by atoms with van der Waals surface area (Å²) in [5.41, 5.74) is 0. The minimum Gasteiger partial charge on any atom is -0.154 e. The van der Waals surface area contributed by atoms with Crippen molar-refractivity contribution < 1.29 is 26.3 Å². The van der Waals surface area contributed by atoms with Gasteiger partial charge in [-0.1, -0.05) is 3.93 Å². The summed E-state index contributed by atoms with van der Waals surface area (Å²) in [6.07, 6.45) is -10.9. The highest BCUT2D eigenvalue weighted by Gasteiger charge is 2.52. The summed E-state index contributed by atoms with van der Waals surface area (Å²) in [5.74, 6) is 0. The quantitative estimate of drug-likeness (QED) is 0.352. The summed E-state index contributed by atoms with van der Waals surface area (Å²) in [6, 6.07) is 0. The van der Waals surface area contributed by atoms with E-state index < -0.39 is 16.5 Å². The van der Waals surface area contributed by atoms with Crippen LogP contribution in [0.5, 0.6) is 0 Å². The Balaban J connectivity index is 4.23. The number of alkyl halides is 6. The van der Waals surface area contributed by atoms with Crippen molar-refractivity contribution in [3.63, 3.8) is 0 Å². The molecule has 0 bridgehead atoms. The van der Waals surface area contributed by atoms with E-state index in [-0.39, 0.29) is 0 Å². The van der Waals surface area contributed by atoms with Crippen molar-refractivity contribution in [1.82, 2.24) is 3.93 Å². The Kier molecular flexibility index (Phi) is 2.58. The van der Waals surface area contributed by atoms with Crippen molar-refractivity contribution in [3.8, 4) is 0 Å². The predicted molar refractivity (Wildman–Crippen MR) is 22.9 cm³/mol. The summed E-state index contributed by atoms with van der Waals surface area (Å²) in [6.45, 7) is 0. The third-order valence-corrected chi connectivity index (χ3v) is 1.25. The average molecular weight is 232 g/mol. The van der Waals surface area contributed by atoms with Crippen LogP contribution in [-0.4, -0.2) is 16.5 Å². The lowest BCUT2D eigenvalue weighted by atomic mass is 11.0. The molecule has 0 rings (SSSR count). The molecule has 0 aromatic heterocycles. The number of hydrogen-bond acceptors (Lipinski definition) is 1. The molecule has 0 unspecified atom stereocenters. The molecule has 0 N–H and O–H groups in total. The summed E-state index contributed by atoms with van der Waals surface area (Å²) in [7, 11) is 0. The summed E-state index contributed by atoms with van der Waals surface area (Å²) >= 11 is 1.30. The van der Waals surface area contributed by atoms with Crippen LogP contribution in [0.25, 0.3) is 0 Å². The van der Waals surface area contributed by atoms with Gasteiger partial charge in [-0.2, -0.15) is 26.3 Å². The molecule has 8 heteroatoms. The van der Waals surface area contributed by atoms with E-state index in [4.69, 9.17) is 0 Å². The van der Waals surface area contributed by atoms with Crippen LogP contribution in [0.2, 0.25) is 0 Å². The average Bonchev–Trinajstić information content (AvgIpc) is 1.59. The monoisotopic (exact) mass is 231 g/mol. The third kappa shape index (κ3) is 2.74. The van der Waals surface area contributed by atoms with Crippen molar-refractivity contribution >= 4 is 16.1 Å². The molecule has 0 spiro atoms. The lowest BCUT2D eigenvalue weighted by Crippen LogP contribution is -2.40. The molecule has 0 aliphatic carbocycles. The predicted octanol–water partition coefficient (Wildman–Crippen LogP) is 2.64. The number of nitrogens with zero attached hydrogens (tertiary/aromatic N) is 1. The fourth-order valence-electron chi connectivity index (χ4n) is 0.144. The first-order valence-corrected chi connectivity index (χ1v) is 2.46. The number of halogens is 7. The molecular weight excluding hydrogens is 232 g/mol. The zero-order chi connectivity index (χ0) is 8.58. The molecule has 1 nitrogen and oxygen atoms in total. The Labute approximate surface area is 59.9 Å². The van der Waals surface area contributed by atoms with Crippen molar-refractivity contribution in [2.24, 2.45) is 0 Å². The minimum atomic E-state index is -5.43. The van der Waals surface area contributed by atoms with Crippen LogP contribution >= 0.6 is 16.1 Å². The van der Waals surface area contributed by atoms with Crippen molar-refractivity contribution in [2.75, 3.05) is 0 Å². The normalized spacial score (nSPS) is 14.4. The molecule has 0 aliphatic rings. The van der Waals surface area contributed by atoms with Gasteiger partial charge in [-0.3, -0.25) is 0 Å². The Morgan fingerprint density at radius 2 is 1.00 bits per heavy atom. The van der Waals surface area contributed by atoms with E-state index in [2.05, 4.69) is 0 Å². The molecule has 0 saturated carbocycles. The lowest BCUT2D eigenvalue weighted by molar-refractivity contribution is -0.326. The van der Waals surface area contributed by atoms with Crippen molar-refractivity contribution in [1.29, 1.82) is 0 Å². The summed E-state index contributed by atoms with van der Waals surface area (Å²) in [5, 5.41) is 0. The highest BCUT2D eigenvalue weighted by molar-refractivity contribution is 9.07. The molecular formula is C2BrF6N. The van der Waals surface area contributed by atoms with Crippen LogP contribution < -0.4 is 0 Å². The Morgan fingerprint density at radius 3 is 1.00 bits per heavy atom. The van der Waals surface area contributed by atoms with Crippen LogP contribution in [0, 0.1) is 0 Å². The number of rotatable bonds is 0. The molecule has 0 saturated heterocycles. The second-order valence-corrected chi connectivity index (χ2v) is 1.93. The Bertz CT molecular complexity index is 99.9. The van der Waals surface area contributed by atoms with Crippen molar-refractivity contribution in [2.45, 2.75) is 12.6 Å². The lowest BCUT2D eigenvalue weighted by Gasteiger charge is -2.19. The van der Waals surface area contributed by atoms with Gasteiger partial charge in [0.05, 0.1) is 0 Å². The molecule has 10 heavy (non-hydrogen) atoms. The molecule has 62 valence electrons. The van der Waals surface area contributed by atoms with Crippen LogP contribution in [0.3, 0.4) is 0 Å². The zero-order valence-electron chi connectivity index (χ0n) is 4.09. The second kappa shape index (κ2) is 2.57. The maximum Gasteiger partial charge on any atom is 0.477 e. The molecule has 0 heterocycles. The van der Waals surface area contributed by atoms with Gasteiger partial charge < -0.3 is 0 Å². The van der Waals surface area contributed by atoms with Crippen LogP contribution in [0.15, 0.2) is 0 Å². The van der Waals surface area contributed by atoms with Gasteiger partial charge >= 0.3 is 12.6 Å². The molecule has 0 radical (unpaired) electrons. The minimum absolute atomic E-state index is 1.30. The van der Waals surface area contributed by atoms with Gasteiger partial charge in [0.25, 0.3) is 0 Å². The highest BCUT2D eigenvalue weighted by Crippen LogP contribution is 2.35. The van der Waals surface area contributed by atoms with Crippen LogP contribution in [0.4, 0.5) is 26.3 Å². The molecule has 0 aromatic rings. The Hall–Kier alpha value is 0.0200. The van der Waals surface area contributed by atoms with Crippen LogP contribution in [-0.2, 0) is 0 Å². The van der Waals surface area contributed by atoms with E-state index in [1.165, 1.54) is 16.1 Å². The number of hydrogen-bond donors (Lipinski definition) is 0.